The van der Waals surface area contributed by atoms with Crippen molar-refractivity contribution in [3.05, 3.63) is 0 Å². The van der Waals surface area contributed by atoms with Crippen LogP contribution in [0.3, 0.4) is 0 Å². The van der Waals surface area contributed by atoms with Gasteiger partial charge in [-0.15, -0.1) is 0 Å². The maximum Gasteiger partial charge on any atom is 0.226 e. The number of piperidine rings is 2. The second kappa shape index (κ2) is 5.36. The summed E-state index contributed by atoms with van der Waals surface area (Å²) < 4.78 is 0. The van der Waals surface area contributed by atoms with Gasteiger partial charge in [0.1, 0.15) is 0 Å². The van der Waals surface area contributed by atoms with Crippen molar-refractivity contribution in [2.24, 2.45) is 5.41 Å². The van der Waals surface area contributed by atoms with Gasteiger partial charge in [0, 0.05) is 18.0 Å². The predicted octanol–water partition coefficient (Wildman–Crippen LogP) is 0.587. The molecule has 0 bridgehead atoms. The van der Waals surface area contributed by atoms with Gasteiger partial charge in [-0.2, -0.15) is 0 Å². The molecule has 0 aromatic carbocycles. The van der Waals surface area contributed by atoms with E-state index in [9.17, 15) is 4.79 Å². The molecule has 4 heteroatoms. The molecular formula is C13H25N3O. The monoisotopic (exact) mass is 239 g/mol. The molecule has 2 heterocycles. The number of hydrogen-bond donors (Lipinski definition) is 2. The Hall–Kier alpha value is -0.610. The Morgan fingerprint density at radius 2 is 2.12 bits per heavy atom. The van der Waals surface area contributed by atoms with E-state index in [0.29, 0.717) is 6.04 Å². The molecule has 0 spiro atoms. The summed E-state index contributed by atoms with van der Waals surface area (Å²) in [6.07, 6.45) is 4.24. The van der Waals surface area contributed by atoms with Crippen LogP contribution in [0.4, 0.5) is 0 Å². The number of nitrogens with one attached hydrogen (secondary N) is 2. The van der Waals surface area contributed by atoms with Gasteiger partial charge in [0.2, 0.25) is 5.91 Å². The Morgan fingerprint density at radius 3 is 2.76 bits per heavy atom. The smallest absolute Gasteiger partial charge is 0.226 e. The highest BCUT2D eigenvalue weighted by Gasteiger charge is 2.35. The number of likely N-dealkylation sites (N-methyl/N-ethyl adjacent to an activating group) is 1. The third-order valence-corrected chi connectivity index (χ3v) is 4.21. The van der Waals surface area contributed by atoms with E-state index in [4.69, 9.17) is 0 Å². The lowest BCUT2D eigenvalue weighted by Crippen LogP contribution is -2.52. The van der Waals surface area contributed by atoms with Crippen molar-refractivity contribution in [3.8, 4) is 0 Å². The summed E-state index contributed by atoms with van der Waals surface area (Å²) >= 11 is 0. The molecule has 1 amide bonds. The molecule has 1 atom stereocenters. The van der Waals surface area contributed by atoms with E-state index in [2.05, 4.69) is 29.5 Å². The summed E-state index contributed by atoms with van der Waals surface area (Å²) in [5, 5.41) is 6.57. The maximum absolute atomic E-state index is 12.3. The summed E-state index contributed by atoms with van der Waals surface area (Å²) in [5.74, 6) is 0.263. The minimum atomic E-state index is -0.152. The number of nitrogens with zero attached hydrogens (tertiary/aromatic N) is 1. The van der Waals surface area contributed by atoms with Crippen molar-refractivity contribution in [2.45, 2.75) is 38.6 Å². The zero-order chi connectivity index (χ0) is 12.3. The second-order valence-electron chi connectivity index (χ2n) is 5.89. The zero-order valence-corrected chi connectivity index (χ0v) is 11.1. The van der Waals surface area contributed by atoms with Gasteiger partial charge in [0.25, 0.3) is 0 Å². The van der Waals surface area contributed by atoms with Gasteiger partial charge >= 0.3 is 0 Å². The molecule has 2 N–H and O–H groups in total. The molecule has 1 unspecified atom stereocenters. The molecule has 17 heavy (non-hydrogen) atoms. The van der Waals surface area contributed by atoms with Crippen molar-refractivity contribution < 1.29 is 4.79 Å². The van der Waals surface area contributed by atoms with Gasteiger partial charge in [-0.25, -0.2) is 0 Å². The van der Waals surface area contributed by atoms with Crippen LogP contribution in [0.5, 0.6) is 0 Å². The van der Waals surface area contributed by atoms with Gasteiger partial charge in [-0.05, 0) is 52.4 Å². The van der Waals surface area contributed by atoms with Crippen molar-refractivity contribution in [3.63, 3.8) is 0 Å². The number of carbonyl (C=O) groups excluding carboxylic acids is 1. The van der Waals surface area contributed by atoms with Crippen LogP contribution in [0.25, 0.3) is 0 Å². The average Bonchev–Trinajstić information content (AvgIpc) is 2.30. The van der Waals surface area contributed by atoms with E-state index in [1.807, 2.05) is 0 Å². The summed E-state index contributed by atoms with van der Waals surface area (Å²) in [6, 6.07) is 0.355. The van der Waals surface area contributed by atoms with Crippen LogP contribution in [0.1, 0.15) is 32.6 Å². The Labute approximate surface area is 104 Å². The summed E-state index contributed by atoms with van der Waals surface area (Å²) in [7, 11) is 2.13. The highest BCUT2D eigenvalue weighted by Crippen LogP contribution is 2.28. The topological polar surface area (TPSA) is 44.4 Å². The van der Waals surface area contributed by atoms with E-state index < -0.39 is 0 Å². The second-order valence-corrected chi connectivity index (χ2v) is 5.89. The molecule has 2 fully saturated rings. The molecule has 2 aliphatic heterocycles. The third-order valence-electron chi connectivity index (χ3n) is 4.21. The Morgan fingerprint density at radius 1 is 1.41 bits per heavy atom. The molecule has 2 rings (SSSR count). The first-order valence-corrected chi connectivity index (χ1v) is 6.80. The lowest BCUT2D eigenvalue weighted by atomic mass is 9.80. The number of amides is 1. The van der Waals surface area contributed by atoms with Crippen LogP contribution in [0.15, 0.2) is 0 Å². The minimum absolute atomic E-state index is 0.152. The summed E-state index contributed by atoms with van der Waals surface area (Å²) in [5.41, 5.74) is -0.152. The first-order chi connectivity index (χ1) is 8.10. The van der Waals surface area contributed by atoms with Crippen LogP contribution >= 0.6 is 0 Å². The Bertz CT molecular complexity index is 274. The molecule has 98 valence electrons. The van der Waals surface area contributed by atoms with Crippen LogP contribution in [-0.2, 0) is 4.79 Å². The fraction of sp³-hybridized carbons (Fsp3) is 0.923. The fourth-order valence-corrected chi connectivity index (χ4v) is 2.85. The van der Waals surface area contributed by atoms with Gasteiger partial charge in [0.05, 0.1) is 0 Å². The molecule has 0 aromatic rings. The van der Waals surface area contributed by atoms with Gasteiger partial charge in [-0.3, -0.25) is 4.79 Å². The number of rotatable bonds is 2. The van der Waals surface area contributed by atoms with E-state index in [1.165, 1.54) is 6.42 Å². The quantitative estimate of drug-likeness (QED) is 0.741. The van der Waals surface area contributed by atoms with E-state index in [-0.39, 0.29) is 11.3 Å². The van der Waals surface area contributed by atoms with Gasteiger partial charge in [-0.1, -0.05) is 6.92 Å². The molecule has 2 saturated heterocycles. The molecule has 0 saturated carbocycles. The maximum atomic E-state index is 12.3. The summed E-state index contributed by atoms with van der Waals surface area (Å²) in [4.78, 5) is 14.6. The van der Waals surface area contributed by atoms with Crippen molar-refractivity contribution in [1.82, 2.24) is 15.5 Å². The predicted molar refractivity (Wildman–Crippen MR) is 68.9 cm³/mol. The zero-order valence-electron chi connectivity index (χ0n) is 11.1. The number of carbonyl (C=O) groups is 1. The lowest BCUT2D eigenvalue weighted by Gasteiger charge is -2.36. The lowest BCUT2D eigenvalue weighted by molar-refractivity contribution is -0.132. The van der Waals surface area contributed by atoms with Gasteiger partial charge in [0.15, 0.2) is 0 Å². The van der Waals surface area contributed by atoms with Gasteiger partial charge < -0.3 is 15.5 Å². The molecule has 4 nitrogen and oxygen atoms in total. The number of likely N-dealkylation sites (tertiary alicyclic amines) is 1. The Kier molecular flexibility index (Phi) is 4.05. The molecule has 0 radical (unpaired) electrons. The highest BCUT2D eigenvalue weighted by molar-refractivity contribution is 5.82. The Balaban J connectivity index is 1.87. The first kappa shape index (κ1) is 12.8. The van der Waals surface area contributed by atoms with Crippen LogP contribution in [0, 0.1) is 5.41 Å². The molecular weight excluding hydrogens is 214 g/mol. The fourth-order valence-electron chi connectivity index (χ4n) is 2.85. The first-order valence-electron chi connectivity index (χ1n) is 6.80. The minimum Gasteiger partial charge on any atom is -0.352 e. The number of hydrogen-bond acceptors (Lipinski definition) is 3. The standard InChI is InChI=1S/C13H25N3O/c1-13(5-7-14-8-6-13)12(17)15-11-4-3-9-16(2)10-11/h11,14H,3-10H2,1-2H3,(H,15,17). The van der Waals surface area contributed by atoms with Crippen molar-refractivity contribution in [1.29, 1.82) is 0 Å². The largest absolute Gasteiger partial charge is 0.352 e. The van der Waals surface area contributed by atoms with Crippen LogP contribution in [-0.4, -0.2) is 50.1 Å². The van der Waals surface area contributed by atoms with Crippen molar-refractivity contribution in [2.75, 3.05) is 33.2 Å². The third kappa shape index (κ3) is 3.19. The van der Waals surface area contributed by atoms with Crippen LogP contribution in [0.2, 0.25) is 0 Å². The van der Waals surface area contributed by atoms with E-state index >= 15 is 0 Å². The molecule has 0 aliphatic carbocycles. The SMILES string of the molecule is CN1CCCC(NC(=O)C2(C)CCNCC2)C1. The normalized spacial score (nSPS) is 29.9. The van der Waals surface area contributed by atoms with E-state index in [0.717, 1.165) is 45.4 Å². The highest BCUT2D eigenvalue weighted by atomic mass is 16.2. The van der Waals surface area contributed by atoms with E-state index in [1.54, 1.807) is 0 Å². The van der Waals surface area contributed by atoms with Crippen molar-refractivity contribution >= 4 is 5.91 Å². The van der Waals surface area contributed by atoms with Crippen LogP contribution < -0.4 is 10.6 Å². The average molecular weight is 239 g/mol. The molecule has 0 aromatic heterocycles. The molecule has 2 aliphatic rings. The summed E-state index contributed by atoms with van der Waals surface area (Å²) in [6.45, 7) is 6.20.